The van der Waals surface area contributed by atoms with Gasteiger partial charge in [0.25, 0.3) is 0 Å². The zero-order chi connectivity index (χ0) is 13.0. The van der Waals surface area contributed by atoms with Gasteiger partial charge in [0.1, 0.15) is 0 Å². The van der Waals surface area contributed by atoms with Crippen LogP contribution in [-0.4, -0.2) is 53.3 Å². The molecule has 0 unspecified atom stereocenters. The number of nitrogens with zero attached hydrogens (tertiary/aromatic N) is 4. The van der Waals surface area contributed by atoms with Gasteiger partial charge in [-0.25, -0.2) is 0 Å². The van der Waals surface area contributed by atoms with Gasteiger partial charge in [0.2, 0.25) is 6.39 Å². The van der Waals surface area contributed by atoms with E-state index in [1.807, 2.05) is 0 Å². The number of aromatic nitrogens is 2. The highest BCUT2D eigenvalue weighted by Crippen LogP contribution is 2.17. The summed E-state index contributed by atoms with van der Waals surface area (Å²) in [6.07, 6.45) is 3.84. The van der Waals surface area contributed by atoms with Gasteiger partial charge in [0, 0.05) is 19.7 Å². The molecular weight excluding hydrogens is 238 g/mol. The molecule has 0 spiro atoms. The molecule has 0 aliphatic carbocycles. The monoisotopic (exact) mass is 251 g/mol. The lowest BCUT2D eigenvalue weighted by Gasteiger charge is -2.15. The smallest absolute Gasteiger partial charge is 0.309 e. The van der Waals surface area contributed by atoms with Crippen molar-refractivity contribution < 1.29 is 13.9 Å². The van der Waals surface area contributed by atoms with E-state index in [9.17, 15) is 4.79 Å². The van der Waals surface area contributed by atoms with Crippen LogP contribution in [0.4, 0.5) is 0 Å². The average molecular weight is 251 g/mol. The van der Waals surface area contributed by atoms with Crippen LogP contribution in [0.3, 0.4) is 0 Å². The summed E-state index contributed by atoms with van der Waals surface area (Å²) in [6.45, 7) is 0.922. The second-order valence-electron chi connectivity index (χ2n) is 4.01. The van der Waals surface area contributed by atoms with Crippen LogP contribution in [0, 0.1) is 11.5 Å². The molecule has 1 N–H and O–H groups in total. The van der Waals surface area contributed by atoms with Gasteiger partial charge in [0.05, 0.1) is 12.6 Å². The van der Waals surface area contributed by atoms with Crippen molar-refractivity contribution >= 4 is 5.91 Å². The van der Waals surface area contributed by atoms with E-state index < -0.39 is 5.91 Å². The van der Waals surface area contributed by atoms with Crippen molar-refractivity contribution in [1.29, 1.82) is 5.26 Å². The number of carbonyl (C=O) groups excluding carboxylic acids is 1. The SMILES string of the molecule is COC[C@@H]1C[C@@H](NC(=O)c2nnco2)CN1C#N. The molecule has 0 aromatic carbocycles. The molecular formula is C10H13N5O3. The number of hydrogen-bond acceptors (Lipinski definition) is 7. The summed E-state index contributed by atoms with van der Waals surface area (Å²) >= 11 is 0. The molecule has 8 heteroatoms. The van der Waals surface area contributed by atoms with Crippen LogP contribution < -0.4 is 5.32 Å². The van der Waals surface area contributed by atoms with Crippen molar-refractivity contribution in [1.82, 2.24) is 20.4 Å². The molecule has 2 rings (SSSR count). The summed E-state index contributed by atoms with van der Waals surface area (Å²) in [5.74, 6) is -0.498. The largest absolute Gasteiger partial charge is 0.420 e. The van der Waals surface area contributed by atoms with Crippen LogP contribution in [0.1, 0.15) is 17.1 Å². The van der Waals surface area contributed by atoms with Gasteiger partial charge >= 0.3 is 11.8 Å². The summed E-state index contributed by atoms with van der Waals surface area (Å²) in [7, 11) is 1.58. The lowest BCUT2D eigenvalue weighted by atomic mass is 10.2. The zero-order valence-corrected chi connectivity index (χ0v) is 9.87. The maximum atomic E-state index is 11.7. The van der Waals surface area contributed by atoms with E-state index in [-0.39, 0.29) is 18.0 Å². The number of hydrogen-bond donors (Lipinski definition) is 1. The van der Waals surface area contributed by atoms with Crippen molar-refractivity contribution in [3.05, 3.63) is 12.3 Å². The van der Waals surface area contributed by atoms with Crippen LogP contribution in [-0.2, 0) is 4.74 Å². The molecule has 18 heavy (non-hydrogen) atoms. The molecule has 1 aliphatic heterocycles. The number of methoxy groups -OCH3 is 1. The molecule has 96 valence electrons. The summed E-state index contributed by atoms with van der Waals surface area (Å²) in [4.78, 5) is 13.3. The Labute approximate surface area is 104 Å². The van der Waals surface area contributed by atoms with E-state index >= 15 is 0 Å². The van der Waals surface area contributed by atoms with E-state index in [1.54, 1.807) is 12.0 Å². The Hall–Kier alpha value is -2.14. The number of likely N-dealkylation sites (tertiary alicyclic amines) is 1. The van der Waals surface area contributed by atoms with Gasteiger partial charge in [-0.3, -0.25) is 4.79 Å². The summed E-state index contributed by atoms with van der Waals surface area (Å²) in [6, 6.07) is -0.128. The van der Waals surface area contributed by atoms with Gasteiger partial charge < -0.3 is 19.4 Å². The number of ether oxygens (including phenoxy) is 1. The third-order valence-electron chi connectivity index (χ3n) is 2.79. The van der Waals surface area contributed by atoms with E-state index in [2.05, 4.69) is 21.7 Å². The zero-order valence-electron chi connectivity index (χ0n) is 9.87. The number of rotatable bonds is 4. The van der Waals surface area contributed by atoms with Crippen molar-refractivity contribution in [2.75, 3.05) is 20.3 Å². The number of nitrogens with one attached hydrogen (secondary N) is 1. The first-order valence-corrected chi connectivity index (χ1v) is 5.47. The fraction of sp³-hybridized carbons (Fsp3) is 0.600. The lowest BCUT2D eigenvalue weighted by Crippen LogP contribution is -2.36. The van der Waals surface area contributed by atoms with Crippen molar-refractivity contribution in [3.63, 3.8) is 0 Å². The maximum Gasteiger partial charge on any atom is 0.309 e. The second-order valence-corrected chi connectivity index (χ2v) is 4.01. The number of carbonyl (C=O) groups is 1. The molecule has 1 amide bonds. The predicted molar refractivity (Wildman–Crippen MR) is 58.2 cm³/mol. The molecule has 1 fully saturated rings. The van der Waals surface area contributed by atoms with Crippen LogP contribution in [0.2, 0.25) is 0 Å². The minimum atomic E-state index is -0.423. The van der Waals surface area contributed by atoms with Crippen LogP contribution in [0.15, 0.2) is 10.8 Å². The van der Waals surface area contributed by atoms with Crippen molar-refractivity contribution in [2.24, 2.45) is 0 Å². The van der Waals surface area contributed by atoms with Gasteiger partial charge in [-0.1, -0.05) is 0 Å². The molecule has 1 aliphatic rings. The Kier molecular flexibility index (Phi) is 3.74. The first-order valence-electron chi connectivity index (χ1n) is 5.47. The first kappa shape index (κ1) is 12.3. The van der Waals surface area contributed by atoms with Crippen LogP contribution in [0.25, 0.3) is 0 Å². The van der Waals surface area contributed by atoms with Crippen LogP contribution >= 0.6 is 0 Å². The van der Waals surface area contributed by atoms with Crippen LogP contribution in [0.5, 0.6) is 0 Å². The molecule has 0 bridgehead atoms. The summed E-state index contributed by atoms with van der Waals surface area (Å²) in [5.41, 5.74) is 0. The summed E-state index contributed by atoms with van der Waals surface area (Å²) in [5, 5.41) is 18.7. The molecule has 2 heterocycles. The standard InChI is InChI=1S/C10H13N5O3/c1-17-4-8-2-7(3-15(8)5-11)13-9(16)10-14-12-6-18-10/h6-8H,2-4H2,1H3,(H,13,16)/t7-,8+/m1/s1. The molecule has 8 nitrogen and oxygen atoms in total. The molecule has 1 aromatic heterocycles. The minimum absolute atomic E-state index is 0.00650. The number of amides is 1. The minimum Gasteiger partial charge on any atom is -0.420 e. The molecule has 0 radical (unpaired) electrons. The second kappa shape index (κ2) is 5.46. The van der Waals surface area contributed by atoms with Gasteiger partial charge in [-0.05, 0) is 6.42 Å². The summed E-state index contributed by atoms with van der Waals surface area (Å²) < 4.78 is 9.83. The highest BCUT2D eigenvalue weighted by molar-refractivity contribution is 5.89. The Morgan fingerprint density at radius 2 is 2.67 bits per heavy atom. The van der Waals surface area contributed by atoms with Gasteiger partial charge in [-0.15, -0.1) is 10.2 Å². The topological polar surface area (TPSA) is 104 Å². The fourth-order valence-corrected chi connectivity index (χ4v) is 2.01. The van der Waals surface area contributed by atoms with Crippen molar-refractivity contribution in [3.8, 4) is 6.19 Å². The highest BCUT2D eigenvalue weighted by Gasteiger charge is 2.33. The Morgan fingerprint density at radius 3 is 3.28 bits per heavy atom. The third-order valence-corrected chi connectivity index (χ3v) is 2.79. The fourth-order valence-electron chi connectivity index (χ4n) is 2.01. The van der Waals surface area contributed by atoms with E-state index in [4.69, 9.17) is 14.4 Å². The van der Waals surface area contributed by atoms with E-state index in [0.29, 0.717) is 19.6 Å². The Bertz CT molecular complexity index is 441. The van der Waals surface area contributed by atoms with Gasteiger partial charge in [-0.2, -0.15) is 5.26 Å². The molecule has 1 aromatic rings. The van der Waals surface area contributed by atoms with E-state index in [1.165, 1.54) is 0 Å². The highest BCUT2D eigenvalue weighted by atomic mass is 16.5. The number of nitriles is 1. The lowest BCUT2D eigenvalue weighted by molar-refractivity contribution is 0.0903. The quantitative estimate of drug-likeness (QED) is 0.710. The Balaban J connectivity index is 1.92. The molecule has 2 atom stereocenters. The first-order chi connectivity index (χ1) is 8.74. The normalized spacial score (nSPS) is 22.8. The van der Waals surface area contributed by atoms with Crippen molar-refractivity contribution in [2.45, 2.75) is 18.5 Å². The average Bonchev–Trinajstić information content (AvgIpc) is 2.98. The van der Waals surface area contributed by atoms with E-state index in [0.717, 1.165) is 6.39 Å². The Morgan fingerprint density at radius 1 is 1.83 bits per heavy atom. The predicted octanol–water partition coefficient (Wildman–Crippen LogP) is -0.630. The molecule has 0 saturated carbocycles. The van der Waals surface area contributed by atoms with Gasteiger partial charge in [0.15, 0.2) is 6.19 Å². The third kappa shape index (κ3) is 2.57. The molecule has 1 saturated heterocycles. The maximum absolute atomic E-state index is 11.7.